The van der Waals surface area contributed by atoms with Gasteiger partial charge in [0.2, 0.25) is 0 Å². The smallest absolute Gasteiger partial charge is 0.419 e. The highest BCUT2D eigenvalue weighted by atomic mass is 79.9. The Morgan fingerprint density at radius 3 is 2.10 bits per heavy atom. The normalized spacial score (nSPS) is 16.0. The van der Waals surface area contributed by atoms with Crippen LogP contribution in [-0.2, 0) is 9.47 Å². The maximum Gasteiger partial charge on any atom is 0.419 e. The van der Waals surface area contributed by atoms with E-state index in [1.807, 2.05) is 59.7 Å². The first-order chi connectivity index (χ1) is 13.9. The summed E-state index contributed by atoms with van der Waals surface area (Å²) in [4.78, 5) is 27.2. The van der Waals surface area contributed by atoms with Gasteiger partial charge in [-0.15, -0.1) is 0 Å². The van der Waals surface area contributed by atoms with Gasteiger partial charge < -0.3 is 14.4 Å². The van der Waals surface area contributed by atoms with E-state index in [9.17, 15) is 9.59 Å². The fraction of sp³-hybridized carbons (Fsp3) is 0.565. The van der Waals surface area contributed by atoms with Gasteiger partial charge in [0.05, 0.1) is 5.52 Å². The molecular formula is C23H31BrN2O4. The van der Waals surface area contributed by atoms with Crippen molar-refractivity contribution in [1.82, 2.24) is 9.47 Å². The number of hydrogen-bond acceptors (Lipinski definition) is 4. The molecule has 0 bridgehead atoms. The number of carbonyl (C=O) groups is 2. The topological polar surface area (TPSA) is 60.8 Å². The predicted molar refractivity (Wildman–Crippen MR) is 121 cm³/mol. The van der Waals surface area contributed by atoms with Gasteiger partial charge in [0.25, 0.3) is 0 Å². The van der Waals surface area contributed by atoms with Gasteiger partial charge in [-0.05, 0) is 72.6 Å². The first-order valence-electron chi connectivity index (χ1n) is 10.4. The van der Waals surface area contributed by atoms with Crippen LogP contribution in [0.2, 0.25) is 0 Å². The van der Waals surface area contributed by atoms with E-state index in [2.05, 4.69) is 22.0 Å². The molecule has 1 aliphatic rings. The van der Waals surface area contributed by atoms with Crippen LogP contribution in [0.5, 0.6) is 0 Å². The summed E-state index contributed by atoms with van der Waals surface area (Å²) in [5, 5.41) is 0.980. The number of piperidine rings is 1. The Labute approximate surface area is 186 Å². The van der Waals surface area contributed by atoms with E-state index in [-0.39, 0.29) is 18.1 Å². The molecule has 2 heterocycles. The number of aromatic nitrogens is 1. The summed E-state index contributed by atoms with van der Waals surface area (Å²) >= 11 is 3.60. The molecule has 1 aromatic carbocycles. The minimum atomic E-state index is -0.586. The lowest BCUT2D eigenvalue weighted by Crippen LogP contribution is -2.41. The van der Waals surface area contributed by atoms with Crippen LogP contribution in [-0.4, -0.2) is 45.9 Å². The molecule has 0 atom stereocenters. The number of amides is 1. The van der Waals surface area contributed by atoms with E-state index in [0.29, 0.717) is 13.1 Å². The zero-order chi connectivity index (χ0) is 22.3. The standard InChI is InChI=1S/C23H31BrN2O4/c1-22(2,3)29-20(27)25-12-10-15(11-13-25)19-14-16-17(24)8-7-9-18(16)26(19)21(28)30-23(4,5)6/h7-9,14-15H,10-13H2,1-6H3. The van der Waals surface area contributed by atoms with Crippen molar-refractivity contribution in [2.75, 3.05) is 13.1 Å². The van der Waals surface area contributed by atoms with Crippen molar-refractivity contribution >= 4 is 39.0 Å². The van der Waals surface area contributed by atoms with Crippen LogP contribution in [0, 0.1) is 0 Å². The third-order valence-electron chi connectivity index (χ3n) is 4.96. The van der Waals surface area contributed by atoms with Gasteiger partial charge >= 0.3 is 12.2 Å². The number of hydrogen-bond donors (Lipinski definition) is 0. The molecule has 2 aromatic rings. The highest BCUT2D eigenvalue weighted by molar-refractivity contribution is 9.10. The number of halogens is 1. The second kappa shape index (κ2) is 8.25. The van der Waals surface area contributed by atoms with Gasteiger partial charge in [-0.25, -0.2) is 14.2 Å². The zero-order valence-corrected chi connectivity index (χ0v) is 20.2. The Bertz CT molecular complexity index is 944. The molecule has 0 unspecified atom stereocenters. The number of ether oxygens (including phenoxy) is 2. The maximum absolute atomic E-state index is 13.1. The minimum Gasteiger partial charge on any atom is -0.444 e. The summed E-state index contributed by atoms with van der Waals surface area (Å²) in [6.07, 6.45) is 0.864. The lowest BCUT2D eigenvalue weighted by molar-refractivity contribution is 0.0200. The summed E-state index contributed by atoms with van der Waals surface area (Å²) in [5.41, 5.74) is 0.651. The average Bonchev–Trinajstić information content (AvgIpc) is 3.00. The average molecular weight is 479 g/mol. The van der Waals surface area contributed by atoms with Crippen LogP contribution in [0.25, 0.3) is 10.9 Å². The van der Waals surface area contributed by atoms with Crippen LogP contribution in [0.4, 0.5) is 9.59 Å². The van der Waals surface area contributed by atoms with Crippen molar-refractivity contribution in [1.29, 1.82) is 0 Å². The summed E-state index contributed by atoms with van der Waals surface area (Å²) in [6.45, 7) is 12.4. The summed E-state index contributed by atoms with van der Waals surface area (Å²) in [5.74, 6) is 0.149. The third-order valence-corrected chi connectivity index (χ3v) is 5.65. The second-order valence-electron chi connectivity index (χ2n) is 9.80. The van der Waals surface area contributed by atoms with E-state index < -0.39 is 11.2 Å². The van der Waals surface area contributed by atoms with Gasteiger partial charge in [0.15, 0.2) is 0 Å². The van der Waals surface area contributed by atoms with Crippen molar-refractivity contribution < 1.29 is 19.1 Å². The molecule has 1 aliphatic heterocycles. The van der Waals surface area contributed by atoms with Crippen LogP contribution in [0.15, 0.2) is 28.7 Å². The maximum atomic E-state index is 13.1. The SMILES string of the molecule is CC(C)(C)OC(=O)N1CCC(c2cc3c(Br)cccc3n2C(=O)OC(C)(C)C)CC1. The van der Waals surface area contributed by atoms with Gasteiger partial charge in [-0.1, -0.05) is 22.0 Å². The molecule has 0 radical (unpaired) electrons. The number of carbonyl (C=O) groups excluding carboxylic acids is 2. The Kier molecular flexibility index (Phi) is 6.23. The molecule has 0 spiro atoms. The van der Waals surface area contributed by atoms with Crippen molar-refractivity contribution in [3.8, 4) is 0 Å². The summed E-state index contributed by atoms with van der Waals surface area (Å²) < 4.78 is 13.8. The quantitative estimate of drug-likeness (QED) is 0.482. The van der Waals surface area contributed by atoms with Gasteiger partial charge in [-0.3, -0.25) is 0 Å². The van der Waals surface area contributed by atoms with Crippen molar-refractivity contribution in [3.63, 3.8) is 0 Å². The minimum absolute atomic E-state index is 0.149. The number of rotatable bonds is 1. The summed E-state index contributed by atoms with van der Waals surface area (Å²) in [7, 11) is 0. The first-order valence-corrected chi connectivity index (χ1v) is 11.2. The van der Waals surface area contributed by atoms with Crippen molar-refractivity contribution in [2.24, 2.45) is 0 Å². The fourth-order valence-corrected chi connectivity index (χ4v) is 4.18. The molecule has 7 heteroatoms. The summed E-state index contributed by atoms with van der Waals surface area (Å²) in [6, 6.07) is 7.89. The highest BCUT2D eigenvalue weighted by Crippen LogP contribution is 2.36. The predicted octanol–water partition coefficient (Wildman–Crippen LogP) is 6.30. The molecule has 0 aliphatic carbocycles. The lowest BCUT2D eigenvalue weighted by atomic mass is 9.93. The third kappa shape index (κ3) is 5.17. The van der Waals surface area contributed by atoms with E-state index in [1.54, 1.807) is 9.47 Å². The van der Waals surface area contributed by atoms with E-state index in [4.69, 9.17) is 9.47 Å². The molecule has 1 amide bonds. The molecule has 6 nitrogen and oxygen atoms in total. The van der Waals surface area contributed by atoms with Crippen LogP contribution >= 0.6 is 15.9 Å². The second-order valence-corrected chi connectivity index (χ2v) is 10.7. The van der Waals surface area contributed by atoms with E-state index in [1.165, 1.54) is 0 Å². The Morgan fingerprint density at radius 1 is 0.967 bits per heavy atom. The monoisotopic (exact) mass is 478 g/mol. The van der Waals surface area contributed by atoms with E-state index in [0.717, 1.165) is 33.9 Å². The largest absolute Gasteiger partial charge is 0.444 e. The molecule has 164 valence electrons. The van der Waals surface area contributed by atoms with Crippen LogP contribution < -0.4 is 0 Å². The molecule has 30 heavy (non-hydrogen) atoms. The molecular weight excluding hydrogens is 448 g/mol. The molecule has 1 saturated heterocycles. The van der Waals surface area contributed by atoms with Crippen LogP contribution in [0.1, 0.15) is 66.0 Å². The molecule has 3 rings (SSSR count). The number of benzene rings is 1. The van der Waals surface area contributed by atoms with Gasteiger partial charge in [-0.2, -0.15) is 0 Å². The van der Waals surface area contributed by atoms with Crippen LogP contribution in [0.3, 0.4) is 0 Å². The van der Waals surface area contributed by atoms with Crippen molar-refractivity contribution in [3.05, 3.63) is 34.4 Å². The lowest BCUT2D eigenvalue weighted by Gasteiger charge is -2.33. The number of likely N-dealkylation sites (tertiary alicyclic amines) is 1. The molecule has 0 saturated carbocycles. The van der Waals surface area contributed by atoms with Gasteiger partial charge in [0.1, 0.15) is 11.2 Å². The van der Waals surface area contributed by atoms with Crippen molar-refractivity contribution in [2.45, 2.75) is 71.5 Å². The number of fused-ring (bicyclic) bond motifs is 1. The Balaban J connectivity index is 1.88. The fourth-order valence-electron chi connectivity index (χ4n) is 3.71. The number of nitrogens with zero attached hydrogens (tertiary/aromatic N) is 2. The highest BCUT2D eigenvalue weighted by Gasteiger charge is 2.31. The Hall–Kier alpha value is -2.02. The zero-order valence-electron chi connectivity index (χ0n) is 18.6. The molecule has 1 fully saturated rings. The first kappa shape index (κ1) is 22.7. The molecule has 1 aromatic heterocycles. The van der Waals surface area contributed by atoms with E-state index >= 15 is 0 Å². The Morgan fingerprint density at radius 2 is 1.53 bits per heavy atom. The molecule has 0 N–H and O–H groups in total. The van der Waals surface area contributed by atoms with Gasteiger partial charge in [0, 0.05) is 34.6 Å².